The zero-order valence-electron chi connectivity index (χ0n) is 10.4. The zero-order valence-corrected chi connectivity index (χ0v) is 10.4. The van der Waals surface area contributed by atoms with Crippen LogP contribution in [-0.2, 0) is 4.74 Å². The van der Waals surface area contributed by atoms with Crippen LogP contribution < -0.4 is 10.5 Å². The summed E-state index contributed by atoms with van der Waals surface area (Å²) in [5.74, 6) is 0.600. The summed E-state index contributed by atoms with van der Waals surface area (Å²) < 4.78 is 5.30. The van der Waals surface area contributed by atoms with Gasteiger partial charge in [-0.25, -0.2) is 4.98 Å². The molecular formula is C13H14N4O2. The normalized spacial score (nSPS) is 15.5. The number of hydrogen-bond acceptors (Lipinski definition) is 5. The molecule has 1 fully saturated rings. The SMILES string of the molecule is O=c1cc(-c2ccncc2)nc(N2CCOCC2)[nH]1. The van der Waals surface area contributed by atoms with Crippen molar-refractivity contribution in [3.05, 3.63) is 40.9 Å². The Balaban J connectivity index is 1.98. The molecule has 2 aromatic heterocycles. The minimum absolute atomic E-state index is 0.150. The number of morpholine rings is 1. The second kappa shape index (κ2) is 5.19. The lowest BCUT2D eigenvalue weighted by Crippen LogP contribution is -2.38. The molecule has 1 aliphatic rings. The molecule has 2 aromatic rings. The van der Waals surface area contributed by atoms with Crippen LogP contribution in [0.15, 0.2) is 35.4 Å². The molecule has 0 radical (unpaired) electrons. The Labute approximate surface area is 110 Å². The lowest BCUT2D eigenvalue weighted by atomic mass is 10.2. The number of rotatable bonds is 2. The van der Waals surface area contributed by atoms with Gasteiger partial charge in [-0.05, 0) is 12.1 Å². The standard InChI is InChI=1S/C13H14N4O2/c18-12-9-11(10-1-3-14-4-2-10)15-13(16-12)17-5-7-19-8-6-17/h1-4,9H,5-8H2,(H,15,16,18). The fraction of sp³-hybridized carbons (Fsp3) is 0.308. The maximum Gasteiger partial charge on any atom is 0.252 e. The average Bonchev–Trinajstić information content (AvgIpc) is 2.48. The van der Waals surface area contributed by atoms with E-state index in [2.05, 4.69) is 15.0 Å². The van der Waals surface area contributed by atoms with E-state index < -0.39 is 0 Å². The highest BCUT2D eigenvalue weighted by atomic mass is 16.5. The molecule has 0 spiro atoms. The van der Waals surface area contributed by atoms with Gasteiger partial charge in [0.05, 0.1) is 18.9 Å². The number of nitrogens with one attached hydrogen (secondary N) is 1. The summed E-state index contributed by atoms with van der Waals surface area (Å²) in [4.78, 5) is 25.0. The molecule has 0 atom stereocenters. The van der Waals surface area contributed by atoms with Crippen molar-refractivity contribution < 1.29 is 4.74 Å². The van der Waals surface area contributed by atoms with Crippen LogP contribution in [-0.4, -0.2) is 41.3 Å². The van der Waals surface area contributed by atoms with E-state index in [4.69, 9.17) is 4.74 Å². The number of anilines is 1. The summed E-state index contributed by atoms with van der Waals surface area (Å²) in [6.07, 6.45) is 3.37. The van der Waals surface area contributed by atoms with Gasteiger partial charge in [0.2, 0.25) is 5.95 Å². The first-order valence-electron chi connectivity index (χ1n) is 6.17. The quantitative estimate of drug-likeness (QED) is 0.857. The van der Waals surface area contributed by atoms with Gasteiger partial charge in [0.1, 0.15) is 0 Å². The molecule has 3 heterocycles. The van der Waals surface area contributed by atoms with Crippen molar-refractivity contribution in [3.63, 3.8) is 0 Å². The largest absolute Gasteiger partial charge is 0.378 e. The fourth-order valence-electron chi connectivity index (χ4n) is 2.04. The molecule has 1 saturated heterocycles. The molecule has 19 heavy (non-hydrogen) atoms. The van der Waals surface area contributed by atoms with E-state index in [9.17, 15) is 4.79 Å². The Morgan fingerprint density at radius 1 is 1.21 bits per heavy atom. The van der Waals surface area contributed by atoms with Crippen LogP contribution >= 0.6 is 0 Å². The number of nitrogens with zero attached hydrogens (tertiary/aromatic N) is 3. The molecule has 0 amide bonds. The van der Waals surface area contributed by atoms with Crippen molar-refractivity contribution >= 4 is 5.95 Å². The van der Waals surface area contributed by atoms with E-state index in [1.807, 2.05) is 17.0 Å². The lowest BCUT2D eigenvalue weighted by Gasteiger charge is -2.27. The second-order valence-corrected chi connectivity index (χ2v) is 4.29. The minimum atomic E-state index is -0.150. The van der Waals surface area contributed by atoms with E-state index in [1.54, 1.807) is 12.4 Å². The maximum atomic E-state index is 11.8. The molecule has 98 valence electrons. The van der Waals surface area contributed by atoms with Gasteiger partial charge in [0, 0.05) is 37.1 Å². The highest BCUT2D eigenvalue weighted by Gasteiger charge is 2.14. The number of ether oxygens (including phenoxy) is 1. The number of aromatic amines is 1. The number of aromatic nitrogens is 3. The Kier molecular flexibility index (Phi) is 3.24. The Morgan fingerprint density at radius 3 is 2.68 bits per heavy atom. The summed E-state index contributed by atoms with van der Waals surface area (Å²) in [7, 11) is 0. The van der Waals surface area contributed by atoms with Crippen molar-refractivity contribution in [1.29, 1.82) is 0 Å². The van der Waals surface area contributed by atoms with Crippen molar-refractivity contribution in [3.8, 4) is 11.3 Å². The number of H-pyrrole nitrogens is 1. The summed E-state index contributed by atoms with van der Waals surface area (Å²) in [5, 5.41) is 0. The smallest absolute Gasteiger partial charge is 0.252 e. The van der Waals surface area contributed by atoms with E-state index in [0.717, 1.165) is 18.7 Å². The van der Waals surface area contributed by atoms with Crippen LogP contribution in [0, 0.1) is 0 Å². The monoisotopic (exact) mass is 258 g/mol. The fourth-order valence-corrected chi connectivity index (χ4v) is 2.04. The molecule has 1 N–H and O–H groups in total. The molecule has 3 rings (SSSR count). The molecule has 0 aromatic carbocycles. The van der Waals surface area contributed by atoms with Crippen molar-refractivity contribution in [1.82, 2.24) is 15.0 Å². The zero-order chi connectivity index (χ0) is 13.1. The minimum Gasteiger partial charge on any atom is -0.378 e. The molecule has 1 aliphatic heterocycles. The summed E-state index contributed by atoms with van der Waals surface area (Å²) in [6.45, 7) is 2.79. The topological polar surface area (TPSA) is 71.1 Å². The third kappa shape index (κ3) is 2.63. The second-order valence-electron chi connectivity index (χ2n) is 4.29. The van der Waals surface area contributed by atoms with E-state index in [0.29, 0.717) is 24.9 Å². The van der Waals surface area contributed by atoms with Crippen LogP contribution in [0.25, 0.3) is 11.3 Å². The van der Waals surface area contributed by atoms with Gasteiger partial charge in [0.15, 0.2) is 0 Å². The molecule has 0 saturated carbocycles. The highest BCUT2D eigenvalue weighted by Crippen LogP contribution is 2.16. The predicted molar refractivity (Wildman–Crippen MR) is 71.1 cm³/mol. The Bertz CT molecular complexity index is 606. The van der Waals surface area contributed by atoms with Crippen LogP contribution in [0.1, 0.15) is 0 Å². The van der Waals surface area contributed by atoms with Gasteiger partial charge in [0.25, 0.3) is 5.56 Å². The van der Waals surface area contributed by atoms with Gasteiger partial charge < -0.3 is 9.64 Å². The van der Waals surface area contributed by atoms with Crippen molar-refractivity contribution in [2.75, 3.05) is 31.2 Å². The highest BCUT2D eigenvalue weighted by molar-refractivity contribution is 5.59. The van der Waals surface area contributed by atoms with Gasteiger partial charge in [-0.15, -0.1) is 0 Å². The first-order chi connectivity index (χ1) is 9.33. The first-order valence-corrected chi connectivity index (χ1v) is 6.17. The van der Waals surface area contributed by atoms with Gasteiger partial charge in [-0.1, -0.05) is 0 Å². The van der Waals surface area contributed by atoms with E-state index in [-0.39, 0.29) is 5.56 Å². The predicted octanol–water partition coefficient (Wildman–Crippen LogP) is 0.668. The van der Waals surface area contributed by atoms with Crippen LogP contribution in [0.2, 0.25) is 0 Å². The van der Waals surface area contributed by atoms with Crippen LogP contribution in [0.4, 0.5) is 5.95 Å². The molecule has 6 nitrogen and oxygen atoms in total. The molecule has 0 bridgehead atoms. The summed E-state index contributed by atoms with van der Waals surface area (Å²) in [5.41, 5.74) is 1.39. The van der Waals surface area contributed by atoms with Crippen LogP contribution in [0.3, 0.4) is 0 Å². The maximum absolute atomic E-state index is 11.8. The third-order valence-corrected chi connectivity index (χ3v) is 3.02. The summed E-state index contributed by atoms with van der Waals surface area (Å²) in [6, 6.07) is 5.18. The summed E-state index contributed by atoms with van der Waals surface area (Å²) >= 11 is 0. The van der Waals surface area contributed by atoms with Crippen LogP contribution in [0.5, 0.6) is 0 Å². The van der Waals surface area contributed by atoms with Crippen molar-refractivity contribution in [2.45, 2.75) is 0 Å². The third-order valence-electron chi connectivity index (χ3n) is 3.02. The first kappa shape index (κ1) is 11.9. The number of hydrogen-bond donors (Lipinski definition) is 1. The van der Waals surface area contributed by atoms with Gasteiger partial charge in [-0.3, -0.25) is 14.8 Å². The average molecular weight is 258 g/mol. The molecule has 0 unspecified atom stereocenters. The van der Waals surface area contributed by atoms with E-state index in [1.165, 1.54) is 6.07 Å². The lowest BCUT2D eigenvalue weighted by molar-refractivity contribution is 0.122. The van der Waals surface area contributed by atoms with E-state index >= 15 is 0 Å². The molecule has 6 heteroatoms. The van der Waals surface area contributed by atoms with Gasteiger partial charge >= 0.3 is 0 Å². The number of pyridine rings is 1. The Hall–Kier alpha value is -2.21. The molecular weight excluding hydrogens is 244 g/mol. The molecule has 0 aliphatic carbocycles. The van der Waals surface area contributed by atoms with Gasteiger partial charge in [-0.2, -0.15) is 0 Å². The Morgan fingerprint density at radius 2 is 1.95 bits per heavy atom. The van der Waals surface area contributed by atoms with Crippen molar-refractivity contribution in [2.24, 2.45) is 0 Å².